The van der Waals surface area contributed by atoms with Crippen molar-refractivity contribution >= 4 is 33.6 Å². The number of nitrogens with two attached hydrogens (primary N) is 1. The first-order valence-corrected chi connectivity index (χ1v) is 10.0. The second kappa shape index (κ2) is 9.27. The monoisotopic (exact) mass is 435 g/mol. The molecule has 0 aromatic heterocycles. The van der Waals surface area contributed by atoms with Gasteiger partial charge >= 0.3 is 12.0 Å². The number of urea groups is 1. The summed E-state index contributed by atoms with van der Waals surface area (Å²) in [6.45, 7) is 1.26. The van der Waals surface area contributed by atoms with Crippen molar-refractivity contribution in [3.05, 3.63) is 54.1 Å². The summed E-state index contributed by atoms with van der Waals surface area (Å²) in [5.41, 5.74) is 5.20. The van der Waals surface area contributed by atoms with Gasteiger partial charge in [-0.3, -0.25) is 14.4 Å². The fourth-order valence-electron chi connectivity index (χ4n) is 2.45. The van der Waals surface area contributed by atoms with Crippen molar-refractivity contribution in [1.29, 1.82) is 0 Å². The standard InChI is InChI=1S/C19H21N3O7S/c1-12(17(23)21-19(20)25)29-18(24)13-8-10-14(11-9-13)30(26,27)22(2)15-6-4-5-7-16(15)28-3/h4-12H,1-3H3,(H3,20,21,23,25). The number of nitrogens with zero attached hydrogens (tertiary/aromatic N) is 1. The van der Waals surface area contributed by atoms with Gasteiger partial charge in [0.1, 0.15) is 5.75 Å². The van der Waals surface area contributed by atoms with E-state index in [1.807, 2.05) is 0 Å². The Morgan fingerprint density at radius 2 is 1.67 bits per heavy atom. The van der Waals surface area contributed by atoms with E-state index in [-0.39, 0.29) is 10.5 Å². The molecule has 3 amide bonds. The smallest absolute Gasteiger partial charge is 0.338 e. The SMILES string of the molecule is COc1ccccc1N(C)S(=O)(=O)c1ccc(C(=O)OC(C)C(=O)NC(N)=O)cc1. The van der Waals surface area contributed by atoms with Crippen molar-refractivity contribution in [3.63, 3.8) is 0 Å². The third-order valence-electron chi connectivity index (χ3n) is 4.07. The van der Waals surface area contributed by atoms with Gasteiger partial charge in [0, 0.05) is 7.05 Å². The quantitative estimate of drug-likeness (QED) is 0.623. The van der Waals surface area contributed by atoms with Gasteiger partial charge in [0.2, 0.25) is 0 Å². The van der Waals surface area contributed by atoms with Gasteiger partial charge in [0.05, 0.1) is 23.3 Å². The summed E-state index contributed by atoms with van der Waals surface area (Å²) >= 11 is 0. The van der Waals surface area contributed by atoms with Gasteiger partial charge in [0.25, 0.3) is 15.9 Å². The summed E-state index contributed by atoms with van der Waals surface area (Å²) in [5.74, 6) is -1.37. The molecule has 160 valence electrons. The Kier molecular flexibility index (Phi) is 7.01. The molecule has 2 aromatic rings. The third-order valence-corrected chi connectivity index (χ3v) is 5.86. The number of hydrogen-bond acceptors (Lipinski definition) is 7. The van der Waals surface area contributed by atoms with Crippen LogP contribution in [0.5, 0.6) is 5.75 Å². The van der Waals surface area contributed by atoms with Gasteiger partial charge in [-0.05, 0) is 43.3 Å². The zero-order chi connectivity index (χ0) is 22.5. The molecule has 0 bridgehead atoms. The molecular weight excluding hydrogens is 414 g/mol. The highest BCUT2D eigenvalue weighted by Gasteiger charge is 2.25. The third kappa shape index (κ3) is 5.06. The summed E-state index contributed by atoms with van der Waals surface area (Å²) < 4.78 is 37.0. The van der Waals surface area contributed by atoms with Crippen LogP contribution in [0.15, 0.2) is 53.4 Å². The van der Waals surface area contributed by atoms with Gasteiger partial charge in [0.15, 0.2) is 6.10 Å². The Labute approximate surface area is 173 Å². The molecule has 0 fully saturated rings. The number of esters is 1. The van der Waals surface area contributed by atoms with Crippen LogP contribution in [0.1, 0.15) is 17.3 Å². The molecule has 11 heteroatoms. The van der Waals surface area contributed by atoms with E-state index < -0.39 is 34.0 Å². The average molecular weight is 435 g/mol. The van der Waals surface area contributed by atoms with E-state index in [9.17, 15) is 22.8 Å². The Bertz CT molecular complexity index is 1050. The van der Waals surface area contributed by atoms with Crippen LogP contribution in [0.4, 0.5) is 10.5 Å². The van der Waals surface area contributed by atoms with Crippen LogP contribution < -0.4 is 20.1 Å². The summed E-state index contributed by atoms with van der Waals surface area (Å²) in [4.78, 5) is 34.4. The number of rotatable bonds is 7. The summed E-state index contributed by atoms with van der Waals surface area (Å²) in [7, 11) is -1.11. The van der Waals surface area contributed by atoms with E-state index in [0.29, 0.717) is 11.4 Å². The number of nitrogens with one attached hydrogen (secondary N) is 1. The molecule has 0 saturated heterocycles. The van der Waals surface area contributed by atoms with Gasteiger partial charge in [-0.15, -0.1) is 0 Å². The number of amides is 3. The lowest BCUT2D eigenvalue weighted by Gasteiger charge is -2.21. The van der Waals surface area contributed by atoms with E-state index in [2.05, 4.69) is 0 Å². The van der Waals surface area contributed by atoms with Crippen molar-refractivity contribution in [3.8, 4) is 5.75 Å². The Morgan fingerprint density at radius 3 is 2.23 bits per heavy atom. The second-order valence-corrected chi connectivity index (χ2v) is 8.04. The van der Waals surface area contributed by atoms with Gasteiger partial charge in [-0.25, -0.2) is 18.0 Å². The molecule has 1 atom stereocenters. The number of ether oxygens (including phenoxy) is 2. The van der Waals surface area contributed by atoms with Crippen LogP contribution in [-0.2, 0) is 19.6 Å². The summed E-state index contributed by atoms with van der Waals surface area (Å²) in [6.07, 6.45) is -1.27. The van der Waals surface area contributed by atoms with Gasteiger partial charge in [-0.1, -0.05) is 12.1 Å². The maximum absolute atomic E-state index is 12.9. The number of primary amides is 1. The van der Waals surface area contributed by atoms with E-state index in [4.69, 9.17) is 15.2 Å². The predicted octanol–water partition coefficient (Wildman–Crippen LogP) is 1.26. The highest BCUT2D eigenvalue weighted by molar-refractivity contribution is 7.92. The number of benzene rings is 2. The first-order chi connectivity index (χ1) is 14.1. The maximum atomic E-state index is 12.9. The van der Waals surface area contributed by atoms with E-state index in [0.717, 1.165) is 4.31 Å². The largest absolute Gasteiger partial charge is 0.495 e. The minimum Gasteiger partial charge on any atom is -0.495 e. The van der Waals surface area contributed by atoms with Gasteiger partial charge in [-0.2, -0.15) is 0 Å². The van der Waals surface area contributed by atoms with Crippen LogP contribution in [0.25, 0.3) is 0 Å². The number of hydrogen-bond donors (Lipinski definition) is 2. The minimum atomic E-state index is -3.93. The first-order valence-electron chi connectivity index (χ1n) is 8.61. The lowest BCUT2D eigenvalue weighted by atomic mass is 10.2. The summed E-state index contributed by atoms with van der Waals surface area (Å²) in [5, 5.41) is 1.79. The number of anilines is 1. The van der Waals surface area contributed by atoms with Crippen molar-refractivity contribution in [2.75, 3.05) is 18.5 Å². The molecule has 0 radical (unpaired) electrons. The fraction of sp³-hybridized carbons (Fsp3) is 0.211. The minimum absolute atomic E-state index is 0.0209. The molecule has 0 saturated carbocycles. The lowest BCUT2D eigenvalue weighted by Crippen LogP contribution is -2.42. The number of sulfonamides is 1. The number of methoxy groups -OCH3 is 1. The second-order valence-electron chi connectivity index (χ2n) is 6.07. The fourth-order valence-corrected chi connectivity index (χ4v) is 3.65. The Hall–Kier alpha value is -3.60. The molecule has 2 rings (SSSR count). The lowest BCUT2D eigenvalue weighted by molar-refractivity contribution is -0.127. The maximum Gasteiger partial charge on any atom is 0.338 e. The molecule has 30 heavy (non-hydrogen) atoms. The van der Waals surface area contributed by atoms with Crippen LogP contribution in [0.3, 0.4) is 0 Å². The van der Waals surface area contributed by atoms with Crippen molar-refractivity contribution in [2.24, 2.45) is 5.73 Å². The zero-order valence-electron chi connectivity index (χ0n) is 16.5. The molecule has 1 unspecified atom stereocenters. The molecule has 0 heterocycles. The van der Waals surface area contributed by atoms with E-state index >= 15 is 0 Å². The Balaban J connectivity index is 2.18. The van der Waals surface area contributed by atoms with E-state index in [1.54, 1.807) is 29.6 Å². The predicted molar refractivity (Wildman–Crippen MR) is 108 cm³/mol. The number of carbonyl (C=O) groups is 3. The average Bonchev–Trinajstić information content (AvgIpc) is 2.72. The Morgan fingerprint density at radius 1 is 1.07 bits per heavy atom. The highest BCUT2D eigenvalue weighted by atomic mass is 32.2. The topological polar surface area (TPSA) is 145 Å². The molecule has 10 nitrogen and oxygen atoms in total. The molecule has 0 aliphatic rings. The van der Waals surface area contributed by atoms with Crippen molar-refractivity contribution in [1.82, 2.24) is 5.32 Å². The van der Waals surface area contributed by atoms with Crippen LogP contribution in [-0.4, -0.2) is 46.6 Å². The molecule has 0 aliphatic carbocycles. The molecule has 0 spiro atoms. The zero-order valence-corrected chi connectivity index (χ0v) is 17.3. The van der Waals surface area contributed by atoms with Crippen LogP contribution >= 0.6 is 0 Å². The van der Waals surface area contributed by atoms with Crippen LogP contribution in [0.2, 0.25) is 0 Å². The van der Waals surface area contributed by atoms with E-state index in [1.165, 1.54) is 45.3 Å². The number of imide groups is 1. The van der Waals surface area contributed by atoms with Crippen molar-refractivity contribution in [2.45, 2.75) is 17.9 Å². The molecular formula is C19H21N3O7S. The number of carbonyl (C=O) groups excluding carboxylic acids is 3. The number of para-hydroxylation sites is 2. The summed E-state index contributed by atoms with van der Waals surface area (Å²) in [6, 6.07) is 10.5. The molecule has 2 aromatic carbocycles. The molecule has 3 N–H and O–H groups in total. The molecule has 0 aliphatic heterocycles. The normalized spacial score (nSPS) is 11.8. The highest BCUT2D eigenvalue weighted by Crippen LogP contribution is 2.30. The van der Waals surface area contributed by atoms with Crippen LogP contribution in [0, 0.1) is 0 Å². The first kappa shape index (κ1) is 22.7. The van der Waals surface area contributed by atoms with Crippen molar-refractivity contribution < 1.29 is 32.3 Å². The van der Waals surface area contributed by atoms with Gasteiger partial charge < -0.3 is 15.2 Å².